The van der Waals surface area contributed by atoms with E-state index in [2.05, 4.69) is 4.98 Å². The van der Waals surface area contributed by atoms with Crippen molar-refractivity contribution in [1.29, 1.82) is 0 Å². The Labute approximate surface area is 179 Å². The molecule has 0 atom stereocenters. The molecule has 0 amide bonds. The van der Waals surface area contributed by atoms with Gasteiger partial charge in [-0.2, -0.15) is 4.31 Å². The first-order chi connectivity index (χ1) is 14.3. The molecule has 0 saturated heterocycles. The summed E-state index contributed by atoms with van der Waals surface area (Å²) >= 11 is 6.15. The molecule has 0 N–H and O–H groups in total. The van der Waals surface area contributed by atoms with Crippen molar-refractivity contribution in [3.63, 3.8) is 0 Å². The number of para-hydroxylation sites is 1. The Balaban J connectivity index is 1.85. The zero-order chi connectivity index (χ0) is 21.9. The zero-order valence-corrected chi connectivity index (χ0v) is 18.0. The predicted molar refractivity (Wildman–Crippen MR) is 112 cm³/mol. The monoisotopic (exact) mass is 450 g/mol. The molecule has 3 aromatic rings. The van der Waals surface area contributed by atoms with Crippen molar-refractivity contribution in [3.05, 3.63) is 70.6 Å². The van der Waals surface area contributed by atoms with Crippen LogP contribution in [0.25, 0.3) is 10.9 Å². The van der Waals surface area contributed by atoms with E-state index in [4.69, 9.17) is 16.3 Å². The van der Waals surface area contributed by atoms with Gasteiger partial charge in [-0.3, -0.25) is 0 Å². The minimum Gasteiger partial charge on any atom is -0.457 e. The van der Waals surface area contributed by atoms with Crippen LogP contribution < -0.4 is 0 Å². The molecule has 0 radical (unpaired) electrons. The second-order valence-corrected chi connectivity index (χ2v) is 8.73. The molecule has 0 aliphatic carbocycles. The molecule has 0 spiro atoms. The number of nitrogens with zero attached hydrogens (tertiary/aromatic N) is 2. The Morgan fingerprint density at radius 3 is 2.53 bits per heavy atom. The SMILES string of the molecule is CCN(CC)S(=O)(=O)c1ccc(F)c(C(=O)OCc2cc3ccccc3nc2Cl)c1. The van der Waals surface area contributed by atoms with Crippen LogP contribution in [0.15, 0.2) is 53.4 Å². The van der Waals surface area contributed by atoms with E-state index in [1.165, 1.54) is 4.31 Å². The number of hydrogen-bond acceptors (Lipinski definition) is 5. The van der Waals surface area contributed by atoms with Gasteiger partial charge in [-0.15, -0.1) is 0 Å². The van der Waals surface area contributed by atoms with Crippen molar-refractivity contribution in [3.8, 4) is 0 Å². The molecule has 0 saturated carbocycles. The Morgan fingerprint density at radius 2 is 1.83 bits per heavy atom. The number of esters is 1. The van der Waals surface area contributed by atoms with Gasteiger partial charge in [-0.05, 0) is 30.3 Å². The van der Waals surface area contributed by atoms with Crippen LogP contribution in [0.1, 0.15) is 29.8 Å². The lowest BCUT2D eigenvalue weighted by Crippen LogP contribution is -2.30. The summed E-state index contributed by atoms with van der Waals surface area (Å²) in [4.78, 5) is 16.5. The van der Waals surface area contributed by atoms with Gasteiger partial charge in [0, 0.05) is 24.0 Å². The molecule has 9 heteroatoms. The van der Waals surface area contributed by atoms with E-state index in [0.29, 0.717) is 11.1 Å². The van der Waals surface area contributed by atoms with E-state index >= 15 is 0 Å². The van der Waals surface area contributed by atoms with Crippen LogP contribution in [-0.2, 0) is 21.4 Å². The molecule has 0 unspecified atom stereocenters. The van der Waals surface area contributed by atoms with Crippen LogP contribution in [0, 0.1) is 5.82 Å². The van der Waals surface area contributed by atoms with E-state index < -0.39 is 27.4 Å². The van der Waals surface area contributed by atoms with Crippen molar-refractivity contribution in [1.82, 2.24) is 9.29 Å². The summed E-state index contributed by atoms with van der Waals surface area (Å²) in [5.41, 5.74) is 0.682. The standard InChI is InChI=1S/C21H20ClFN2O4S/c1-3-25(4-2)30(27,28)16-9-10-18(23)17(12-16)21(26)29-13-15-11-14-7-5-6-8-19(14)24-20(15)22/h5-12H,3-4,13H2,1-2H3. The molecular formula is C21H20ClFN2O4S. The van der Waals surface area contributed by atoms with Crippen molar-refractivity contribution < 1.29 is 22.3 Å². The summed E-state index contributed by atoms with van der Waals surface area (Å²) in [6.45, 7) is 3.66. The fraction of sp³-hybridized carbons (Fsp3) is 0.238. The van der Waals surface area contributed by atoms with Crippen LogP contribution in [-0.4, -0.2) is 36.8 Å². The van der Waals surface area contributed by atoms with Gasteiger partial charge in [0.05, 0.1) is 16.0 Å². The number of aromatic nitrogens is 1. The fourth-order valence-electron chi connectivity index (χ4n) is 2.99. The highest BCUT2D eigenvalue weighted by atomic mass is 35.5. The van der Waals surface area contributed by atoms with Gasteiger partial charge < -0.3 is 4.74 Å². The Bertz CT molecular complexity index is 1200. The summed E-state index contributed by atoms with van der Waals surface area (Å²) in [5, 5.41) is 0.978. The second-order valence-electron chi connectivity index (χ2n) is 6.44. The van der Waals surface area contributed by atoms with E-state index in [1.54, 1.807) is 26.0 Å². The molecule has 0 bridgehead atoms. The number of sulfonamides is 1. The first kappa shape index (κ1) is 22.1. The van der Waals surface area contributed by atoms with Crippen LogP contribution >= 0.6 is 11.6 Å². The molecule has 1 aromatic heterocycles. The molecule has 158 valence electrons. The van der Waals surface area contributed by atoms with Gasteiger partial charge in [0.2, 0.25) is 10.0 Å². The lowest BCUT2D eigenvalue weighted by molar-refractivity contribution is 0.0467. The van der Waals surface area contributed by atoms with Gasteiger partial charge in [0.15, 0.2) is 0 Å². The van der Waals surface area contributed by atoms with Crippen molar-refractivity contribution >= 4 is 38.5 Å². The molecule has 30 heavy (non-hydrogen) atoms. The normalized spacial score (nSPS) is 11.8. The number of pyridine rings is 1. The number of carbonyl (C=O) groups excluding carboxylic acids is 1. The number of fused-ring (bicyclic) bond motifs is 1. The average Bonchev–Trinajstić information content (AvgIpc) is 2.72. The topological polar surface area (TPSA) is 76.6 Å². The van der Waals surface area contributed by atoms with E-state index in [0.717, 1.165) is 23.6 Å². The number of hydrogen-bond donors (Lipinski definition) is 0. The van der Waals surface area contributed by atoms with E-state index in [-0.39, 0.29) is 29.7 Å². The van der Waals surface area contributed by atoms with Gasteiger partial charge in [0.25, 0.3) is 0 Å². The molecule has 0 fully saturated rings. The van der Waals surface area contributed by atoms with E-state index in [1.807, 2.05) is 18.2 Å². The average molecular weight is 451 g/mol. The predicted octanol–water partition coefficient (Wildman–Crippen LogP) is 4.41. The molecular weight excluding hydrogens is 431 g/mol. The Hall–Kier alpha value is -2.55. The first-order valence-corrected chi connectivity index (χ1v) is 11.1. The number of benzene rings is 2. The zero-order valence-electron chi connectivity index (χ0n) is 16.4. The largest absolute Gasteiger partial charge is 0.457 e. The molecule has 6 nitrogen and oxygen atoms in total. The highest BCUT2D eigenvalue weighted by molar-refractivity contribution is 7.89. The lowest BCUT2D eigenvalue weighted by atomic mass is 10.1. The molecule has 0 aliphatic heterocycles. The molecule has 0 aliphatic rings. The minimum atomic E-state index is -3.84. The van der Waals surface area contributed by atoms with Crippen LogP contribution in [0.3, 0.4) is 0 Å². The van der Waals surface area contributed by atoms with Crippen molar-refractivity contribution in [2.75, 3.05) is 13.1 Å². The smallest absolute Gasteiger partial charge is 0.341 e. The van der Waals surface area contributed by atoms with Gasteiger partial charge in [-0.1, -0.05) is 43.6 Å². The molecule has 1 heterocycles. The number of halogens is 2. The highest BCUT2D eigenvalue weighted by Gasteiger charge is 2.25. The third-order valence-corrected chi connectivity index (χ3v) is 6.98. The summed E-state index contributed by atoms with van der Waals surface area (Å²) in [7, 11) is -3.84. The Kier molecular flexibility index (Phi) is 6.70. The fourth-order valence-corrected chi connectivity index (χ4v) is 4.68. The van der Waals surface area contributed by atoms with Crippen molar-refractivity contribution in [2.45, 2.75) is 25.3 Å². The van der Waals surface area contributed by atoms with Crippen LogP contribution in [0.4, 0.5) is 4.39 Å². The minimum absolute atomic E-state index is 0.167. The summed E-state index contributed by atoms with van der Waals surface area (Å²) in [5.74, 6) is -1.87. The first-order valence-electron chi connectivity index (χ1n) is 9.29. The third kappa shape index (κ3) is 4.45. The summed E-state index contributed by atoms with van der Waals surface area (Å²) in [6.07, 6.45) is 0. The Morgan fingerprint density at radius 1 is 1.13 bits per heavy atom. The van der Waals surface area contributed by atoms with Crippen LogP contribution in [0.5, 0.6) is 0 Å². The number of carbonyl (C=O) groups is 1. The lowest BCUT2D eigenvalue weighted by Gasteiger charge is -2.18. The van der Waals surface area contributed by atoms with E-state index in [9.17, 15) is 17.6 Å². The number of ether oxygens (including phenoxy) is 1. The van der Waals surface area contributed by atoms with Crippen molar-refractivity contribution in [2.24, 2.45) is 0 Å². The quantitative estimate of drug-likeness (QED) is 0.393. The summed E-state index contributed by atoms with van der Waals surface area (Å²) < 4.78 is 46.0. The number of rotatable bonds is 7. The van der Waals surface area contributed by atoms with Gasteiger partial charge in [-0.25, -0.2) is 22.6 Å². The van der Waals surface area contributed by atoms with Crippen LogP contribution in [0.2, 0.25) is 5.15 Å². The second kappa shape index (κ2) is 9.07. The highest BCUT2D eigenvalue weighted by Crippen LogP contribution is 2.23. The summed E-state index contributed by atoms with van der Waals surface area (Å²) in [6, 6.07) is 12.1. The molecule has 2 aromatic carbocycles. The van der Waals surface area contributed by atoms with Gasteiger partial charge in [0.1, 0.15) is 17.6 Å². The maximum atomic E-state index is 14.2. The molecule has 3 rings (SSSR count). The third-order valence-electron chi connectivity index (χ3n) is 4.61. The van der Waals surface area contributed by atoms with Gasteiger partial charge >= 0.3 is 5.97 Å². The maximum Gasteiger partial charge on any atom is 0.341 e. The maximum absolute atomic E-state index is 14.2.